The summed E-state index contributed by atoms with van der Waals surface area (Å²) in [6.45, 7) is 6.84. The van der Waals surface area contributed by atoms with Gasteiger partial charge in [-0.15, -0.1) is 0 Å². The molecule has 0 bridgehead atoms. The van der Waals surface area contributed by atoms with Crippen molar-refractivity contribution in [2.75, 3.05) is 5.32 Å². The Labute approximate surface area is 112 Å². The van der Waals surface area contributed by atoms with Crippen LogP contribution in [0.1, 0.15) is 0 Å². The van der Waals surface area contributed by atoms with Crippen molar-refractivity contribution in [1.29, 1.82) is 0 Å². The molecule has 1 heterocycles. The van der Waals surface area contributed by atoms with E-state index in [2.05, 4.69) is 20.1 Å². The van der Waals surface area contributed by atoms with Crippen molar-refractivity contribution < 1.29 is 4.39 Å². The van der Waals surface area contributed by atoms with Gasteiger partial charge in [-0.05, 0) is 12.1 Å². The van der Waals surface area contributed by atoms with Crippen LogP contribution in [0, 0.1) is 12.4 Å². The SMILES string of the molecule is [C-]#[N+]c1ccc(Nc2ncnc(Cl)c2F)c(Cl)c1. The first-order valence-corrected chi connectivity index (χ1v) is 5.47. The quantitative estimate of drug-likeness (QED) is 0.663. The van der Waals surface area contributed by atoms with Crippen LogP contribution < -0.4 is 5.32 Å². The van der Waals surface area contributed by atoms with E-state index in [4.69, 9.17) is 29.8 Å². The smallest absolute Gasteiger partial charge is 0.203 e. The fourth-order valence-electron chi connectivity index (χ4n) is 1.24. The zero-order valence-electron chi connectivity index (χ0n) is 8.78. The third-order valence-electron chi connectivity index (χ3n) is 2.08. The summed E-state index contributed by atoms with van der Waals surface area (Å²) in [6.07, 6.45) is 1.13. The molecular weight excluding hydrogens is 278 g/mol. The zero-order valence-corrected chi connectivity index (χ0v) is 10.3. The Kier molecular flexibility index (Phi) is 3.60. The Morgan fingerprint density at radius 3 is 2.72 bits per heavy atom. The molecule has 0 saturated carbocycles. The van der Waals surface area contributed by atoms with Crippen LogP contribution in [0.4, 0.5) is 21.6 Å². The summed E-state index contributed by atoms with van der Waals surface area (Å²) in [5, 5.41) is 2.70. The first kappa shape index (κ1) is 12.6. The van der Waals surface area contributed by atoms with Crippen molar-refractivity contribution in [2.24, 2.45) is 0 Å². The second-order valence-corrected chi connectivity index (χ2v) is 3.99. The van der Waals surface area contributed by atoms with Gasteiger partial charge in [0.2, 0.25) is 5.82 Å². The Bertz CT molecular complexity index is 639. The number of hydrogen-bond acceptors (Lipinski definition) is 3. The van der Waals surface area contributed by atoms with E-state index < -0.39 is 5.82 Å². The monoisotopic (exact) mass is 282 g/mol. The van der Waals surface area contributed by atoms with Gasteiger partial charge in [0.25, 0.3) is 0 Å². The lowest BCUT2D eigenvalue weighted by Crippen LogP contribution is -1.99. The van der Waals surface area contributed by atoms with Gasteiger partial charge in [-0.1, -0.05) is 29.3 Å². The van der Waals surface area contributed by atoms with Crippen LogP contribution in [0.15, 0.2) is 24.5 Å². The van der Waals surface area contributed by atoms with Gasteiger partial charge >= 0.3 is 0 Å². The standard InChI is InChI=1S/C11H5Cl2FN4/c1-15-6-2-3-8(7(12)4-6)18-11-9(14)10(13)16-5-17-11/h2-5H,(H,16,17,18). The van der Waals surface area contributed by atoms with Crippen LogP contribution in [0.5, 0.6) is 0 Å². The van der Waals surface area contributed by atoms with Gasteiger partial charge in [-0.2, -0.15) is 4.39 Å². The highest BCUT2D eigenvalue weighted by molar-refractivity contribution is 6.33. The van der Waals surface area contributed by atoms with Crippen LogP contribution in [0.2, 0.25) is 10.2 Å². The predicted octanol–water partition coefficient (Wildman–Crippen LogP) is 4.22. The molecule has 0 saturated heterocycles. The minimum absolute atomic E-state index is 0.0764. The van der Waals surface area contributed by atoms with Crippen molar-refractivity contribution >= 4 is 40.4 Å². The summed E-state index contributed by atoms with van der Waals surface area (Å²) in [4.78, 5) is 10.4. The van der Waals surface area contributed by atoms with Crippen LogP contribution in [0.25, 0.3) is 4.85 Å². The lowest BCUT2D eigenvalue weighted by Gasteiger charge is -2.08. The molecule has 0 aliphatic rings. The van der Waals surface area contributed by atoms with Gasteiger partial charge < -0.3 is 5.32 Å². The number of nitrogens with one attached hydrogen (secondary N) is 1. The van der Waals surface area contributed by atoms with E-state index in [1.807, 2.05) is 0 Å². The van der Waals surface area contributed by atoms with Crippen molar-refractivity contribution in [3.05, 3.63) is 51.9 Å². The van der Waals surface area contributed by atoms with Crippen molar-refractivity contribution in [1.82, 2.24) is 9.97 Å². The Hall–Kier alpha value is -1.90. The van der Waals surface area contributed by atoms with E-state index in [-0.39, 0.29) is 16.0 Å². The third-order valence-corrected chi connectivity index (χ3v) is 2.66. The minimum Gasteiger partial charge on any atom is -0.336 e. The molecule has 1 aromatic carbocycles. The molecule has 0 spiro atoms. The maximum atomic E-state index is 13.6. The number of nitrogens with zero attached hydrogens (tertiary/aromatic N) is 3. The van der Waals surface area contributed by atoms with E-state index >= 15 is 0 Å². The van der Waals surface area contributed by atoms with E-state index in [1.54, 1.807) is 12.1 Å². The molecule has 90 valence electrons. The topological polar surface area (TPSA) is 42.2 Å². The van der Waals surface area contributed by atoms with Gasteiger partial charge in [0.1, 0.15) is 6.33 Å². The average Bonchev–Trinajstić information content (AvgIpc) is 2.37. The predicted molar refractivity (Wildman–Crippen MR) is 68.0 cm³/mol. The fourth-order valence-corrected chi connectivity index (χ4v) is 1.59. The van der Waals surface area contributed by atoms with Gasteiger partial charge in [-0.25, -0.2) is 14.8 Å². The Morgan fingerprint density at radius 2 is 2.06 bits per heavy atom. The van der Waals surface area contributed by atoms with Gasteiger partial charge in [0, 0.05) is 0 Å². The fraction of sp³-hybridized carbons (Fsp3) is 0. The summed E-state index contributed by atoms with van der Waals surface area (Å²) >= 11 is 11.5. The first-order valence-electron chi connectivity index (χ1n) is 4.72. The molecular formula is C11H5Cl2FN4. The van der Waals surface area contributed by atoms with Gasteiger partial charge in [-0.3, -0.25) is 0 Å². The highest BCUT2D eigenvalue weighted by atomic mass is 35.5. The molecule has 0 unspecified atom stereocenters. The molecule has 0 atom stereocenters. The van der Waals surface area contributed by atoms with E-state index in [9.17, 15) is 4.39 Å². The van der Waals surface area contributed by atoms with Gasteiger partial charge in [0.05, 0.1) is 17.3 Å². The third kappa shape index (κ3) is 2.50. The molecule has 0 amide bonds. The lowest BCUT2D eigenvalue weighted by atomic mass is 10.3. The van der Waals surface area contributed by atoms with E-state index in [1.165, 1.54) is 6.07 Å². The van der Waals surface area contributed by atoms with E-state index in [0.717, 1.165) is 6.33 Å². The first-order chi connectivity index (χ1) is 8.61. The van der Waals surface area contributed by atoms with E-state index in [0.29, 0.717) is 11.4 Å². The molecule has 2 aromatic rings. The number of benzene rings is 1. The molecule has 2 rings (SSSR count). The lowest BCUT2D eigenvalue weighted by molar-refractivity contribution is 0.619. The van der Waals surface area contributed by atoms with Crippen LogP contribution >= 0.6 is 23.2 Å². The number of hydrogen-bond donors (Lipinski definition) is 1. The van der Waals surface area contributed by atoms with Crippen molar-refractivity contribution in [3.63, 3.8) is 0 Å². The summed E-state index contributed by atoms with van der Waals surface area (Å²) < 4.78 is 13.6. The second-order valence-electron chi connectivity index (χ2n) is 3.23. The second kappa shape index (κ2) is 5.17. The van der Waals surface area contributed by atoms with Crippen molar-refractivity contribution in [3.8, 4) is 0 Å². The van der Waals surface area contributed by atoms with Crippen LogP contribution in [-0.2, 0) is 0 Å². The Morgan fingerprint density at radius 1 is 1.28 bits per heavy atom. The van der Waals surface area contributed by atoms with Crippen molar-refractivity contribution in [2.45, 2.75) is 0 Å². The summed E-state index contributed by atoms with van der Waals surface area (Å²) in [7, 11) is 0. The molecule has 0 fully saturated rings. The van der Waals surface area contributed by atoms with Crippen LogP contribution in [-0.4, -0.2) is 9.97 Å². The highest BCUT2D eigenvalue weighted by Crippen LogP contribution is 2.30. The van der Waals surface area contributed by atoms with Crippen LogP contribution in [0.3, 0.4) is 0 Å². The zero-order chi connectivity index (χ0) is 13.1. The molecule has 0 aliphatic carbocycles. The highest BCUT2D eigenvalue weighted by Gasteiger charge is 2.10. The summed E-state index contributed by atoms with van der Waals surface area (Å²) in [5.74, 6) is -0.836. The number of aromatic nitrogens is 2. The normalized spacial score (nSPS) is 9.89. The maximum absolute atomic E-state index is 13.6. The maximum Gasteiger partial charge on any atom is 0.203 e. The molecule has 1 aromatic heterocycles. The average molecular weight is 283 g/mol. The summed E-state index contributed by atoms with van der Waals surface area (Å²) in [6, 6.07) is 4.59. The minimum atomic E-state index is -0.760. The molecule has 0 radical (unpaired) electrons. The summed E-state index contributed by atoms with van der Waals surface area (Å²) in [5.41, 5.74) is 0.824. The molecule has 7 heteroatoms. The Balaban J connectivity index is 2.35. The van der Waals surface area contributed by atoms with Gasteiger partial charge in [0.15, 0.2) is 16.7 Å². The number of anilines is 2. The molecule has 18 heavy (non-hydrogen) atoms. The molecule has 0 aliphatic heterocycles. The molecule has 1 N–H and O–H groups in total. The molecule has 4 nitrogen and oxygen atoms in total. The number of rotatable bonds is 2. The largest absolute Gasteiger partial charge is 0.336 e. The number of halogens is 3.